The van der Waals surface area contributed by atoms with Crippen molar-refractivity contribution in [1.82, 2.24) is 20.1 Å². The monoisotopic (exact) mass is 560 g/mol. The van der Waals surface area contributed by atoms with Crippen LogP contribution in [0.5, 0.6) is 5.75 Å². The van der Waals surface area contributed by atoms with E-state index in [2.05, 4.69) is 16.4 Å². The topological polar surface area (TPSA) is 69.0 Å². The number of hydrogen-bond acceptors (Lipinski definition) is 4. The van der Waals surface area contributed by atoms with E-state index in [0.29, 0.717) is 21.4 Å². The van der Waals surface area contributed by atoms with Crippen molar-refractivity contribution in [3.8, 4) is 11.4 Å². The number of benzene rings is 2. The minimum atomic E-state index is -0.695. The number of aromatic nitrogens is 3. The quantitative estimate of drug-likeness (QED) is 0.247. The second-order valence-corrected chi connectivity index (χ2v) is 11.0. The first-order valence-electron chi connectivity index (χ1n) is 12.9. The Kier molecular flexibility index (Phi) is 7.78. The molecule has 0 fully saturated rings. The third-order valence-corrected chi connectivity index (χ3v) is 7.49. The van der Waals surface area contributed by atoms with Gasteiger partial charge in [-0.05, 0) is 99.2 Å². The molecule has 4 aromatic rings. The highest BCUT2D eigenvalue weighted by atomic mass is 35.5. The maximum absolute atomic E-state index is 13.8. The van der Waals surface area contributed by atoms with Crippen LogP contribution in [0.15, 0.2) is 66.9 Å². The molecule has 39 heavy (non-hydrogen) atoms. The summed E-state index contributed by atoms with van der Waals surface area (Å²) in [6, 6.07) is 18.9. The van der Waals surface area contributed by atoms with Gasteiger partial charge in [-0.3, -0.25) is 9.78 Å². The van der Waals surface area contributed by atoms with Crippen LogP contribution in [0.1, 0.15) is 66.1 Å². The van der Waals surface area contributed by atoms with Crippen LogP contribution in [0.2, 0.25) is 10.0 Å². The SMILES string of the molecule is COc1ccc(/C=C2\CCCCc3c(C(=O)NC(C)(C)c4ccccn4)nn(-c4ccc(Cl)cc4Cl)c32)cc1. The summed E-state index contributed by atoms with van der Waals surface area (Å²) in [5.74, 6) is 0.544. The van der Waals surface area contributed by atoms with E-state index >= 15 is 0 Å². The van der Waals surface area contributed by atoms with Gasteiger partial charge in [-0.25, -0.2) is 4.68 Å². The van der Waals surface area contributed by atoms with Gasteiger partial charge >= 0.3 is 0 Å². The summed E-state index contributed by atoms with van der Waals surface area (Å²) in [6.07, 6.45) is 7.39. The fourth-order valence-corrected chi connectivity index (χ4v) is 5.43. The van der Waals surface area contributed by atoms with Crippen molar-refractivity contribution in [3.63, 3.8) is 0 Å². The number of carbonyl (C=O) groups is 1. The second-order valence-electron chi connectivity index (χ2n) is 10.1. The Morgan fingerprint density at radius 2 is 1.82 bits per heavy atom. The highest BCUT2D eigenvalue weighted by molar-refractivity contribution is 6.35. The number of nitrogens with zero attached hydrogens (tertiary/aromatic N) is 3. The van der Waals surface area contributed by atoms with Crippen LogP contribution in [0.3, 0.4) is 0 Å². The molecule has 0 bridgehead atoms. The van der Waals surface area contributed by atoms with Crippen molar-refractivity contribution in [3.05, 3.63) is 105 Å². The van der Waals surface area contributed by atoms with Crippen LogP contribution in [0.25, 0.3) is 17.3 Å². The largest absolute Gasteiger partial charge is 0.497 e. The average molecular weight is 562 g/mol. The highest BCUT2D eigenvalue weighted by Gasteiger charge is 2.31. The van der Waals surface area contributed by atoms with Gasteiger partial charge in [0, 0.05) is 16.8 Å². The molecule has 6 nitrogen and oxygen atoms in total. The molecule has 2 aromatic carbocycles. The summed E-state index contributed by atoms with van der Waals surface area (Å²) in [5, 5.41) is 9.04. The highest BCUT2D eigenvalue weighted by Crippen LogP contribution is 2.37. The number of allylic oxidation sites excluding steroid dienone is 1. The van der Waals surface area contributed by atoms with E-state index in [1.807, 2.05) is 62.4 Å². The van der Waals surface area contributed by atoms with Crippen LogP contribution in [-0.4, -0.2) is 27.8 Å². The predicted octanol–water partition coefficient (Wildman–Crippen LogP) is 7.51. The lowest BCUT2D eigenvalue weighted by Gasteiger charge is -2.25. The predicted molar refractivity (Wildman–Crippen MR) is 157 cm³/mol. The smallest absolute Gasteiger partial charge is 0.272 e. The van der Waals surface area contributed by atoms with E-state index in [0.717, 1.165) is 59.5 Å². The van der Waals surface area contributed by atoms with Crippen LogP contribution in [-0.2, 0) is 12.0 Å². The molecule has 5 rings (SSSR count). The summed E-state index contributed by atoms with van der Waals surface area (Å²) in [5.41, 5.74) is 5.07. The van der Waals surface area contributed by atoms with E-state index in [1.165, 1.54) is 0 Å². The number of fused-ring (bicyclic) bond motifs is 1. The Balaban J connectivity index is 1.65. The molecule has 0 radical (unpaired) electrons. The van der Waals surface area contributed by atoms with Gasteiger partial charge in [0.2, 0.25) is 0 Å². The molecular formula is C31H30Cl2N4O2. The maximum Gasteiger partial charge on any atom is 0.272 e. The molecular weight excluding hydrogens is 531 g/mol. The number of nitrogens with one attached hydrogen (secondary N) is 1. The third kappa shape index (κ3) is 5.72. The Labute approximate surface area is 238 Å². The van der Waals surface area contributed by atoms with Crippen LogP contribution >= 0.6 is 23.2 Å². The Bertz CT molecular complexity index is 1530. The maximum atomic E-state index is 13.8. The first kappa shape index (κ1) is 27.0. The Morgan fingerprint density at radius 1 is 1.05 bits per heavy atom. The van der Waals surface area contributed by atoms with E-state index in [1.54, 1.807) is 30.1 Å². The zero-order chi connectivity index (χ0) is 27.6. The lowest BCUT2D eigenvalue weighted by molar-refractivity contribution is 0.0903. The van der Waals surface area contributed by atoms with Crippen molar-refractivity contribution >= 4 is 40.8 Å². The number of methoxy groups -OCH3 is 1. The first-order valence-corrected chi connectivity index (χ1v) is 13.7. The zero-order valence-corrected chi connectivity index (χ0v) is 23.7. The van der Waals surface area contributed by atoms with Gasteiger partial charge in [-0.15, -0.1) is 0 Å². The number of carbonyl (C=O) groups excluding carboxylic acids is 1. The average Bonchev–Trinajstić information content (AvgIpc) is 3.18. The Morgan fingerprint density at radius 3 is 2.51 bits per heavy atom. The summed E-state index contributed by atoms with van der Waals surface area (Å²) < 4.78 is 7.13. The van der Waals surface area contributed by atoms with Crippen LogP contribution in [0.4, 0.5) is 0 Å². The van der Waals surface area contributed by atoms with E-state index in [4.69, 9.17) is 33.0 Å². The molecule has 1 aliphatic rings. The number of ether oxygens (including phenoxy) is 1. The molecule has 1 amide bonds. The van der Waals surface area contributed by atoms with Crippen LogP contribution in [0, 0.1) is 0 Å². The summed E-state index contributed by atoms with van der Waals surface area (Å²) >= 11 is 12.9. The molecule has 1 aliphatic carbocycles. The van der Waals surface area contributed by atoms with Crippen LogP contribution < -0.4 is 10.1 Å². The number of halogens is 2. The fourth-order valence-electron chi connectivity index (χ4n) is 4.94. The lowest BCUT2D eigenvalue weighted by atomic mass is 9.98. The van der Waals surface area contributed by atoms with E-state index < -0.39 is 5.54 Å². The normalized spacial score (nSPS) is 14.5. The zero-order valence-electron chi connectivity index (χ0n) is 22.2. The third-order valence-electron chi connectivity index (χ3n) is 6.95. The standard InChI is InChI=1S/C31H30Cl2N4O2/c1-31(2,27-10-6-7-17-34-27)35-30(38)28-24-9-5-4-8-21(18-20-11-14-23(39-3)15-12-20)29(24)37(36-28)26-16-13-22(32)19-25(26)33/h6-7,10-19H,4-5,8-9H2,1-3H3,(H,35,38)/b21-18+. The molecule has 0 atom stereocenters. The number of rotatable bonds is 6. The van der Waals surface area contributed by atoms with Crippen molar-refractivity contribution in [1.29, 1.82) is 0 Å². The minimum absolute atomic E-state index is 0.253. The van der Waals surface area contributed by atoms with Crippen molar-refractivity contribution in [2.24, 2.45) is 0 Å². The van der Waals surface area contributed by atoms with Gasteiger partial charge in [0.15, 0.2) is 5.69 Å². The number of pyridine rings is 1. The summed E-state index contributed by atoms with van der Waals surface area (Å²) in [7, 11) is 1.65. The first-order chi connectivity index (χ1) is 18.8. The van der Waals surface area contributed by atoms with Gasteiger partial charge in [-0.2, -0.15) is 5.10 Å². The molecule has 200 valence electrons. The van der Waals surface area contributed by atoms with Crippen molar-refractivity contribution < 1.29 is 9.53 Å². The summed E-state index contributed by atoms with van der Waals surface area (Å²) in [6.45, 7) is 3.88. The van der Waals surface area contributed by atoms with Gasteiger partial charge in [0.1, 0.15) is 5.75 Å². The van der Waals surface area contributed by atoms with Gasteiger partial charge in [0.25, 0.3) is 5.91 Å². The van der Waals surface area contributed by atoms with Gasteiger partial charge in [0.05, 0.1) is 34.7 Å². The van der Waals surface area contributed by atoms with Gasteiger partial charge < -0.3 is 10.1 Å². The molecule has 0 spiro atoms. The number of hydrogen-bond donors (Lipinski definition) is 1. The Hall–Kier alpha value is -3.61. The number of amides is 1. The van der Waals surface area contributed by atoms with E-state index in [-0.39, 0.29) is 5.91 Å². The molecule has 1 N–H and O–H groups in total. The molecule has 2 aromatic heterocycles. The fraction of sp³-hybridized carbons (Fsp3) is 0.258. The molecule has 0 saturated carbocycles. The van der Waals surface area contributed by atoms with Crippen molar-refractivity contribution in [2.45, 2.75) is 45.1 Å². The molecule has 8 heteroatoms. The summed E-state index contributed by atoms with van der Waals surface area (Å²) in [4.78, 5) is 18.3. The molecule has 2 heterocycles. The lowest BCUT2D eigenvalue weighted by Crippen LogP contribution is -2.42. The minimum Gasteiger partial charge on any atom is -0.497 e. The molecule has 0 unspecified atom stereocenters. The van der Waals surface area contributed by atoms with Crippen molar-refractivity contribution in [2.75, 3.05) is 7.11 Å². The van der Waals surface area contributed by atoms with E-state index in [9.17, 15) is 4.79 Å². The second kappa shape index (κ2) is 11.2. The van der Waals surface area contributed by atoms with Gasteiger partial charge in [-0.1, -0.05) is 41.4 Å². The molecule has 0 aliphatic heterocycles. The molecule has 0 saturated heterocycles.